The highest BCUT2D eigenvalue weighted by Gasteiger charge is 2.46. The van der Waals surface area contributed by atoms with Crippen LogP contribution in [0.25, 0.3) is 5.76 Å². The number of phenols is 1. The van der Waals surface area contributed by atoms with Crippen LogP contribution in [0.15, 0.2) is 78.5 Å². The van der Waals surface area contributed by atoms with Gasteiger partial charge >= 0.3 is 0 Å². The fraction of sp³-hybridized carbons (Fsp3) is 0.192. The van der Waals surface area contributed by atoms with Crippen LogP contribution in [0.5, 0.6) is 11.5 Å². The Morgan fingerprint density at radius 3 is 2.33 bits per heavy atom. The molecule has 1 saturated heterocycles. The van der Waals surface area contributed by atoms with Gasteiger partial charge in [-0.1, -0.05) is 18.2 Å². The molecule has 1 aliphatic rings. The second-order valence-electron chi connectivity index (χ2n) is 8.03. The third-order valence-electron chi connectivity index (χ3n) is 5.31. The molecule has 0 saturated carbocycles. The third-order valence-corrected chi connectivity index (χ3v) is 5.31. The summed E-state index contributed by atoms with van der Waals surface area (Å²) in [5, 5.41) is 20.8. The van der Waals surface area contributed by atoms with E-state index in [4.69, 9.17) is 4.74 Å². The first kappa shape index (κ1) is 22.1. The molecule has 4 rings (SSSR count). The van der Waals surface area contributed by atoms with Gasteiger partial charge in [-0.3, -0.25) is 14.6 Å². The standard InChI is InChI=1S/C26H24N2O5/c1-16(2)33-21-12-8-18(9-13-21)24(30)22-23(17-6-10-20(29)11-7-17)28(26(32)25(22)31)15-19-5-3-4-14-27-19/h3-14,16,23,29-30H,15H2,1-2H3/b24-22+. The summed E-state index contributed by atoms with van der Waals surface area (Å²) in [5.41, 5.74) is 1.58. The lowest BCUT2D eigenvalue weighted by Crippen LogP contribution is -2.29. The van der Waals surface area contributed by atoms with Gasteiger partial charge in [0.15, 0.2) is 0 Å². The molecule has 33 heavy (non-hydrogen) atoms. The van der Waals surface area contributed by atoms with Gasteiger partial charge in [-0.25, -0.2) is 0 Å². The van der Waals surface area contributed by atoms with Crippen molar-refractivity contribution in [3.05, 3.63) is 95.3 Å². The molecular formula is C26H24N2O5. The van der Waals surface area contributed by atoms with Crippen LogP contribution in [0.1, 0.15) is 36.7 Å². The summed E-state index contributed by atoms with van der Waals surface area (Å²) >= 11 is 0. The van der Waals surface area contributed by atoms with Crippen LogP contribution < -0.4 is 4.74 Å². The number of amides is 1. The van der Waals surface area contributed by atoms with E-state index < -0.39 is 17.7 Å². The molecule has 3 aromatic rings. The summed E-state index contributed by atoms with van der Waals surface area (Å²) in [5.74, 6) is -1.08. The average molecular weight is 444 g/mol. The van der Waals surface area contributed by atoms with Crippen LogP contribution in [0.4, 0.5) is 0 Å². The van der Waals surface area contributed by atoms with E-state index in [0.29, 0.717) is 22.6 Å². The molecule has 0 radical (unpaired) electrons. The van der Waals surface area contributed by atoms with Gasteiger partial charge in [-0.2, -0.15) is 0 Å². The summed E-state index contributed by atoms with van der Waals surface area (Å²) in [6.07, 6.45) is 1.61. The summed E-state index contributed by atoms with van der Waals surface area (Å²) in [7, 11) is 0. The molecule has 7 nitrogen and oxygen atoms in total. The van der Waals surface area contributed by atoms with Crippen molar-refractivity contribution in [1.82, 2.24) is 9.88 Å². The SMILES string of the molecule is CC(C)Oc1ccc(/C(O)=C2\C(=O)C(=O)N(Cc3ccccn3)C2c2ccc(O)cc2)cc1. The molecule has 7 heteroatoms. The molecule has 1 amide bonds. The molecular weight excluding hydrogens is 420 g/mol. The van der Waals surface area contributed by atoms with Gasteiger partial charge in [-0.15, -0.1) is 0 Å². The van der Waals surface area contributed by atoms with Crippen LogP contribution in [0.2, 0.25) is 0 Å². The van der Waals surface area contributed by atoms with Gasteiger partial charge in [0.25, 0.3) is 11.7 Å². The number of likely N-dealkylation sites (tertiary alicyclic amines) is 1. The molecule has 1 aliphatic heterocycles. The molecule has 1 atom stereocenters. The predicted molar refractivity (Wildman–Crippen MR) is 122 cm³/mol. The number of rotatable bonds is 6. The van der Waals surface area contributed by atoms with Crippen molar-refractivity contribution < 1.29 is 24.5 Å². The fourth-order valence-corrected chi connectivity index (χ4v) is 3.83. The lowest BCUT2D eigenvalue weighted by molar-refractivity contribution is -0.140. The van der Waals surface area contributed by atoms with Crippen LogP contribution in [-0.4, -0.2) is 37.9 Å². The molecule has 0 bridgehead atoms. The lowest BCUT2D eigenvalue weighted by Gasteiger charge is -2.25. The number of carbonyl (C=O) groups is 2. The molecule has 2 N–H and O–H groups in total. The minimum atomic E-state index is -0.834. The van der Waals surface area contributed by atoms with Gasteiger partial charge in [0, 0.05) is 11.8 Å². The number of aromatic hydroxyl groups is 1. The van der Waals surface area contributed by atoms with E-state index in [1.165, 1.54) is 17.0 Å². The maximum atomic E-state index is 13.1. The Morgan fingerprint density at radius 1 is 1.03 bits per heavy atom. The van der Waals surface area contributed by atoms with Gasteiger partial charge in [0.2, 0.25) is 0 Å². The van der Waals surface area contributed by atoms with Crippen LogP contribution in [0, 0.1) is 0 Å². The highest BCUT2D eigenvalue weighted by Crippen LogP contribution is 2.40. The van der Waals surface area contributed by atoms with Crippen molar-refractivity contribution in [3.8, 4) is 11.5 Å². The van der Waals surface area contributed by atoms with Gasteiger partial charge in [-0.05, 0) is 67.9 Å². The van der Waals surface area contributed by atoms with Crippen molar-refractivity contribution >= 4 is 17.4 Å². The topological polar surface area (TPSA) is 100.0 Å². The number of hydrogen-bond acceptors (Lipinski definition) is 6. The zero-order valence-electron chi connectivity index (χ0n) is 18.3. The minimum Gasteiger partial charge on any atom is -0.508 e. The Kier molecular flexibility index (Phi) is 6.13. The predicted octanol–water partition coefficient (Wildman–Crippen LogP) is 4.20. The number of nitrogens with zero attached hydrogens (tertiary/aromatic N) is 2. The number of hydrogen-bond donors (Lipinski definition) is 2. The Balaban J connectivity index is 1.79. The summed E-state index contributed by atoms with van der Waals surface area (Å²) in [6, 6.07) is 17.4. The number of pyridine rings is 1. The molecule has 2 heterocycles. The number of Topliss-reactive ketones (excluding diaryl/α,β-unsaturated/α-hetero) is 1. The molecule has 0 spiro atoms. The summed E-state index contributed by atoms with van der Waals surface area (Å²) in [4.78, 5) is 31.8. The van der Waals surface area contributed by atoms with Crippen LogP contribution in [0.3, 0.4) is 0 Å². The second kappa shape index (κ2) is 9.16. The van der Waals surface area contributed by atoms with E-state index in [2.05, 4.69) is 4.98 Å². The molecule has 1 fully saturated rings. The zero-order chi connectivity index (χ0) is 23.5. The number of aromatic nitrogens is 1. The van der Waals surface area contributed by atoms with Gasteiger partial charge < -0.3 is 19.8 Å². The smallest absolute Gasteiger partial charge is 0.296 e. The quantitative estimate of drug-likeness (QED) is 0.336. The highest BCUT2D eigenvalue weighted by molar-refractivity contribution is 6.46. The average Bonchev–Trinajstić information content (AvgIpc) is 3.05. The Bertz CT molecular complexity index is 1190. The highest BCUT2D eigenvalue weighted by atomic mass is 16.5. The van der Waals surface area contributed by atoms with Crippen molar-refractivity contribution in [1.29, 1.82) is 0 Å². The maximum absolute atomic E-state index is 13.1. The number of carbonyl (C=O) groups excluding carboxylic acids is 2. The Hall–Kier alpha value is -4.13. The first-order valence-corrected chi connectivity index (χ1v) is 10.6. The molecule has 2 aromatic carbocycles. The van der Waals surface area contributed by atoms with E-state index in [9.17, 15) is 19.8 Å². The largest absolute Gasteiger partial charge is 0.508 e. The maximum Gasteiger partial charge on any atom is 0.296 e. The fourth-order valence-electron chi connectivity index (χ4n) is 3.83. The molecule has 168 valence electrons. The number of ether oxygens (including phenoxy) is 1. The molecule has 1 aromatic heterocycles. The molecule has 1 unspecified atom stereocenters. The van der Waals surface area contributed by atoms with E-state index >= 15 is 0 Å². The van der Waals surface area contributed by atoms with E-state index in [1.54, 1.807) is 60.8 Å². The summed E-state index contributed by atoms with van der Waals surface area (Å²) < 4.78 is 5.64. The van der Waals surface area contributed by atoms with Crippen LogP contribution >= 0.6 is 0 Å². The minimum absolute atomic E-state index is 0.00383. The zero-order valence-corrected chi connectivity index (χ0v) is 18.3. The number of aliphatic hydroxyl groups excluding tert-OH is 1. The number of aliphatic hydroxyl groups is 1. The first-order valence-electron chi connectivity index (χ1n) is 10.6. The van der Waals surface area contributed by atoms with E-state index in [1.807, 2.05) is 13.8 Å². The normalized spacial score (nSPS) is 17.5. The van der Waals surface area contributed by atoms with E-state index in [-0.39, 0.29) is 29.7 Å². The molecule has 0 aliphatic carbocycles. The van der Waals surface area contributed by atoms with Crippen molar-refractivity contribution in [2.75, 3.05) is 0 Å². The number of ketones is 1. The van der Waals surface area contributed by atoms with Gasteiger partial charge in [0.1, 0.15) is 17.3 Å². The number of benzene rings is 2. The lowest BCUT2D eigenvalue weighted by atomic mass is 9.95. The monoisotopic (exact) mass is 444 g/mol. The first-order chi connectivity index (χ1) is 15.8. The van der Waals surface area contributed by atoms with Crippen LogP contribution in [-0.2, 0) is 16.1 Å². The second-order valence-corrected chi connectivity index (χ2v) is 8.03. The van der Waals surface area contributed by atoms with Gasteiger partial charge in [0.05, 0.1) is 30.0 Å². The summed E-state index contributed by atoms with van der Waals surface area (Å²) in [6.45, 7) is 3.91. The number of phenolic OH excluding ortho intramolecular Hbond substituents is 1. The Morgan fingerprint density at radius 2 is 1.73 bits per heavy atom. The van der Waals surface area contributed by atoms with Crippen molar-refractivity contribution in [3.63, 3.8) is 0 Å². The Labute approximate surface area is 191 Å². The van der Waals surface area contributed by atoms with E-state index in [0.717, 1.165) is 0 Å². The third kappa shape index (κ3) is 4.57. The van der Waals surface area contributed by atoms with Crippen molar-refractivity contribution in [2.24, 2.45) is 0 Å². The van der Waals surface area contributed by atoms with Crippen molar-refractivity contribution in [2.45, 2.75) is 32.5 Å².